The number of alkyl carbamates (subject to hydrolysis) is 2. The molecule has 2 saturated heterocycles. The van der Waals surface area contributed by atoms with Gasteiger partial charge in [-0.2, -0.15) is 0 Å². The van der Waals surface area contributed by atoms with Gasteiger partial charge in [0.1, 0.15) is 23.7 Å². The van der Waals surface area contributed by atoms with Crippen LogP contribution < -0.4 is 10.6 Å². The Balaban J connectivity index is 1.08. The zero-order valence-electron chi connectivity index (χ0n) is 33.4. The van der Waals surface area contributed by atoms with Crippen molar-refractivity contribution in [3.8, 4) is 22.3 Å². The summed E-state index contributed by atoms with van der Waals surface area (Å²) < 4.78 is 9.48. The summed E-state index contributed by atoms with van der Waals surface area (Å²) in [5, 5.41) is 26.5. The molecule has 3 aromatic carbocycles. The Bertz CT molecular complexity index is 2160. The number of imidazole rings is 2. The van der Waals surface area contributed by atoms with Crippen molar-refractivity contribution in [2.75, 3.05) is 27.3 Å². The van der Waals surface area contributed by atoms with Gasteiger partial charge in [-0.1, -0.05) is 64.1 Å². The first kappa shape index (κ1) is 40.2. The van der Waals surface area contributed by atoms with E-state index in [4.69, 9.17) is 19.4 Å². The van der Waals surface area contributed by atoms with Crippen LogP contribution in [0.4, 0.5) is 9.59 Å². The van der Waals surface area contributed by atoms with Crippen molar-refractivity contribution >= 4 is 46.1 Å². The summed E-state index contributed by atoms with van der Waals surface area (Å²) >= 11 is 0. The molecule has 2 aliphatic heterocycles. The van der Waals surface area contributed by atoms with Crippen LogP contribution in [0.1, 0.15) is 64.3 Å². The lowest BCUT2D eigenvalue weighted by Gasteiger charge is -2.29. The topological polar surface area (TPSA) is 215 Å². The Kier molecular flexibility index (Phi) is 11.4. The molecule has 6 N–H and O–H groups in total. The molecular formula is C42H50N8O8. The lowest BCUT2D eigenvalue weighted by molar-refractivity contribution is -0.136. The van der Waals surface area contributed by atoms with Crippen LogP contribution in [0, 0.1) is 11.8 Å². The molecule has 0 spiro atoms. The molecule has 5 aromatic rings. The Morgan fingerprint density at radius 1 is 0.638 bits per heavy atom. The highest BCUT2D eigenvalue weighted by atomic mass is 16.5. The van der Waals surface area contributed by atoms with Gasteiger partial charge in [0.15, 0.2) is 0 Å². The normalized spacial score (nSPS) is 20.5. The fraction of sp³-hybridized carbons (Fsp3) is 0.429. The van der Waals surface area contributed by atoms with Gasteiger partial charge in [0.05, 0.1) is 60.6 Å². The van der Waals surface area contributed by atoms with E-state index in [-0.39, 0.29) is 36.7 Å². The molecule has 4 heterocycles. The van der Waals surface area contributed by atoms with Gasteiger partial charge in [0.25, 0.3) is 0 Å². The molecule has 0 radical (unpaired) electrons. The molecule has 2 aliphatic rings. The predicted molar refractivity (Wildman–Crippen MR) is 215 cm³/mol. The Labute approximate surface area is 335 Å². The number of carbonyl (C=O) groups excluding carboxylic acids is 4. The zero-order chi connectivity index (χ0) is 41.4. The number of hydrogen-bond donors (Lipinski definition) is 6. The summed E-state index contributed by atoms with van der Waals surface area (Å²) in [5.74, 6) is 0.0814. The number of aliphatic hydroxyl groups is 2. The molecule has 16 nitrogen and oxygen atoms in total. The first-order chi connectivity index (χ1) is 27.7. The van der Waals surface area contributed by atoms with Crippen LogP contribution in [-0.4, -0.2) is 116 Å². The minimum absolute atomic E-state index is 0.124. The Hall–Kier alpha value is -6.00. The van der Waals surface area contributed by atoms with E-state index in [0.717, 1.165) is 44.3 Å². The van der Waals surface area contributed by atoms with Crippen molar-refractivity contribution in [3.63, 3.8) is 0 Å². The molecule has 2 aromatic heterocycles. The number of nitrogens with one attached hydrogen (secondary N) is 4. The lowest BCUT2D eigenvalue weighted by Crippen LogP contribution is -2.51. The maximum Gasteiger partial charge on any atom is 0.407 e. The second-order valence-electron chi connectivity index (χ2n) is 15.8. The SMILES string of the molecule is COC(=O)N[C@H](C(=O)N1C[C@H](O)C[C@H]1c1nc2ccc(-c3ccc(-c4ccc5nc([C@@H]6C[C@@H](O)CN6C(=O)[C@H](NC(=O)OC)C(C)C)[nH]c5c4)cc3)cc2[nH]1)C(C)C. The molecular weight excluding hydrogens is 745 g/mol. The molecule has 0 saturated carbocycles. The number of aliphatic hydroxyl groups excluding tert-OH is 2. The summed E-state index contributed by atoms with van der Waals surface area (Å²) in [6.45, 7) is 7.60. The van der Waals surface area contributed by atoms with E-state index < -0.39 is 48.6 Å². The maximum absolute atomic E-state index is 13.7. The number of aromatic nitrogens is 4. The number of aromatic amines is 2. The number of ether oxygens (including phenoxy) is 2. The van der Waals surface area contributed by atoms with Crippen molar-refractivity contribution in [2.24, 2.45) is 11.8 Å². The van der Waals surface area contributed by atoms with E-state index in [1.165, 1.54) is 14.2 Å². The number of hydrogen-bond acceptors (Lipinski definition) is 10. The highest BCUT2D eigenvalue weighted by Gasteiger charge is 2.42. The Morgan fingerprint density at radius 3 is 1.34 bits per heavy atom. The van der Waals surface area contributed by atoms with Crippen molar-refractivity contribution in [1.82, 2.24) is 40.4 Å². The first-order valence-corrected chi connectivity index (χ1v) is 19.5. The quantitative estimate of drug-likeness (QED) is 0.114. The number of β-amino-alcohol motifs (C(OH)–C–C–N with tert-alkyl or cyclic N) is 2. The molecule has 306 valence electrons. The van der Waals surface area contributed by atoms with Crippen molar-refractivity contribution in [2.45, 2.75) is 76.9 Å². The molecule has 7 rings (SSSR count). The Morgan fingerprint density at radius 2 is 1.00 bits per heavy atom. The van der Waals surface area contributed by atoms with Gasteiger partial charge in [-0.3, -0.25) is 9.59 Å². The molecule has 2 fully saturated rings. The van der Waals surface area contributed by atoms with Crippen LogP contribution in [0.5, 0.6) is 0 Å². The average Bonchev–Trinajstić information content (AvgIpc) is 4.01. The number of nitrogens with zero attached hydrogens (tertiary/aromatic N) is 4. The number of carbonyl (C=O) groups is 4. The number of H-pyrrole nitrogens is 2. The third-order valence-electron chi connectivity index (χ3n) is 11.1. The van der Waals surface area contributed by atoms with Gasteiger partial charge in [-0.25, -0.2) is 19.6 Å². The number of methoxy groups -OCH3 is 2. The van der Waals surface area contributed by atoms with Gasteiger partial charge in [-0.05, 0) is 58.4 Å². The molecule has 6 atom stereocenters. The van der Waals surface area contributed by atoms with Gasteiger partial charge in [-0.15, -0.1) is 0 Å². The van der Waals surface area contributed by atoms with Crippen LogP contribution >= 0.6 is 0 Å². The zero-order valence-corrected chi connectivity index (χ0v) is 33.4. The summed E-state index contributed by atoms with van der Waals surface area (Å²) in [6, 6.07) is 17.4. The van der Waals surface area contributed by atoms with Gasteiger partial charge in [0, 0.05) is 25.9 Å². The van der Waals surface area contributed by atoms with Gasteiger partial charge in [0.2, 0.25) is 11.8 Å². The monoisotopic (exact) mass is 794 g/mol. The van der Waals surface area contributed by atoms with E-state index >= 15 is 0 Å². The number of benzene rings is 3. The highest BCUT2D eigenvalue weighted by molar-refractivity contribution is 5.88. The largest absolute Gasteiger partial charge is 0.453 e. The van der Waals surface area contributed by atoms with Crippen molar-refractivity contribution in [3.05, 3.63) is 72.3 Å². The van der Waals surface area contributed by atoms with Gasteiger partial charge >= 0.3 is 12.2 Å². The predicted octanol–water partition coefficient (Wildman–Crippen LogP) is 4.80. The lowest BCUT2D eigenvalue weighted by atomic mass is 10.00. The van der Waals surface area contributed by atoms with Crippen LogP contribution in [0.15, 0.2) is 60.7 Å². The third-order valence-corrected chi connectivity index (χ3v) is 11.1. The minimum atomic E-state index is -0.824. The summed E-state index contributed by atoms with van der Waals surface area (Å²) in [5.41, 5.74) is 6.91. The molecule has 4 amide bonds. The smallest absolute Gasteiger partial charge is 0.407 e. The highest BCUT2D eigenvalue weighted by Crippen LogP contribution is 2.36. The first-order valence-electron chi connectivity index (χ1n) is 19.5. The second-order valence-corrected chi connectivity index (χ2v) is 15.8. The number of likely N-dealkylation sites (tertiary alicyclic amines) is 2. The van der Waals surface area contributed by atoms with Crippen molar-refractivity contribution in [1.29, 1.82) is 0 Å². The van der Waals surface area contributed by atoms with Gasteiger partial charge < -0.3 is 50.1 Å². The van der Waals surface area contributed by atoms with Crippen LogP contribution in [0.3, 0.4) is 0 Å². The fourth-order valence-corrected chi connectivity index (χ4v) is 7.98. The van der Waals surface area contributed by atoms with E-state index in [2.05, 4.69) is 20.6 Å². The molecule has 16 heteroatoms. The minimum Gasteiger partial charge on any atom is -0.453 e. The molecule has 0 unspecified atom stereocenters. The standard InChI is InChI=1S/C42H50N8O8/c1-21(2)35(47-41(55)57-5)39(53)49-19-27(51)17-33(49)37-43-29-13-11-25(15-31(29)45-37)23-7-9-24(10-8-23)26-12-14-30-32(16-26)46-38(44-30)34-18-28(52)20-50(34)40(54)36(22(3)4)48-42(56)58-6/h7-16,21-22,27-28,33-36,51-52H,17-20H2,1-6H3,(H,43,45)(H,44,46)(H,47,55)(H,48,56)/t27-,28-,33+,34+,35-,36+/m1/s1. The number of fused-ring (bicyclic) bond motifs is 2. The number of rotatable bonds is 10. The average molecular weight is 795 g/mol. The maximum atomic E-state index is 13.7. The van der Waals surface area contributed by atoms with E-state index in [0.29, 0.717) is 24.5 Å². The summed E-state index contributed by atoms with van der Waals surface area (Å²) in [7, 11) is 2.50. The van der Waals surface area contributed by atoms with E-state index in [1.54, 1.807) is 9.80 Å². The summed E-state index contributed by atoms with van der Waals surface area (Å²) in [4.78, 5) is 70.8. The van der Waals surface area contributed by atoms with E-state index in [9.17, 15) is 29.4 Å². The molecule has 58 heavy (non-hydrogen) atoms. The third kappa shape index (κ3) is 8.07. The molecule has 0 bridgehead atoms. The van der Waals surface area contributed by atoms with Crippen LogP contribution in [0.25, 0.3) is 44.3 Å². The number of amides is 4. The van der Waals surface area contributed by atoms with Crippen molar-refractivity contribution < 1.29 is 38.9 Å². The fourth-order valence-electron chi connectivity index (χ4n) is 7.98. The molecule has 0 aliphatic carbocycles. The van der Waals surface area contributed by atoms with Crippen LogP contribution in [-0.2, 0) is 19.1 Å². The second kappa shape index (κ2) is 16.5. The summed E-state index contributed by atoms with van der Waals surface area (Å²) in [6.07, 6.45) is -2.24. The van der Waals surface area contributed by atoms with Crippen LogP contribution in [0.2, 0.25) is 0 Å². The van der Waals surface area contributed by atoms with E-state index in [1.807, 2.05) is 88.4 Å².